The maximum Gasteiger partial charge on any atom is 0.146 e. The molecular formula is C17H29FN2. The SMILES string of the molecule is CCCN(CCC)c1cc(CNCC(C)C)ccc1F. The second-order valence-electron chi connectivity index (χ2n) is 5.80. The van der Waals surface area contributed by atoms with Gasteiger partial charge in [-0.15, -0.1) is 0 Å². The second-order valence-corrected chi connectivity index (χ2v) is 5.80. The Balaban J connectivity index is 2.78. The number of nitrogens with zero attached hydrogens (tertiary/aromatic N) is 1. The predicted octanol–water partition coefficient (Wildman–Crippen LogP) is 4.20. The summed E-state index contributed by atoms with van der Waals surface area (Å²) in [7, 11) is 0. The molecule has 1 aromatic carbocycles. The molecule has 1 N–H and O–H groups in total. The zero-order valence-electron chi connectivity index (χ0n) is 13.4. The molecular weight excluding hydrogens is 251 g/mol. The van der Waals surface area contributed by atoms with Gasteiger partial charge < -0.3 is 10.2 Å². The van der Waals surface area contributed by atoms with Gasteiger partial charge in [-0.25, -0.2) is 4.39 Å². The molecule has 1 aromatic rings. The molecule has 0 unspecified atom stereocenters. The molecule has 0 radical (unpaired) electrons. The Kier molecular flexibility index (Phi) is 7.60. The summed E-state index contributed by atoms with van der Waals surface area (Å²) in [6.07, 6.45) is 2.07. The number of halogens is 1. The van der Waals surface area contributed by atoms with Crippen molar-refractivity contribution in [2.75, 3.05) is 24.5 Å². The minimum Gasteiger partial charge on any atom is -0.369 e. The smallest absolute Gasteiger partial charge is 0.146 e. The Morgan fingerprint density at radius 3 is 2.35 bits per heavy atom. The highest BCUT2D eigenvalue weighted by Crippen LogP contribution is 2.21. The quantitative estimate of drug-likeness (QED) is 0.729. The minimum absolute atomic E-state index is 0.112. The molecule has 114 valence electrons. The summed E-state index contributed by atoms with van der Waals surface area (Å²) in [5, 5.41) is 3.41. The zero-order chi connectivity index (χ0) is 15.0. The Labute approximate surface area is 123 Å². The van der Waals surface area contributed by atoms with Crippen LogP contribution in [0.5, 0.6) is 0 Å². The lowest BCUT2D eigenvalue weighted by Crippen LogP contribution is -2.26. The third-order valence-corrected chi connectivity index (χ3v) is 3.22. The van der Waals surface area contributed by atoms with E-state index in [2.05, 4.69) is 37.9 Å². The average molecular weight is 280 g/mol. The van der Waals surface area contributed by atoms with Crippen molar-refractivity contribution in [1.82, 2.24) is 5.32 Å². The van der Waals surface area contributed by atoms with E-state index in [9.17, 15) is 4.39 Å². The van der Waals surface area contributed by atoms with Gasteiger partial charge in [-0.2, -0.15) is 0 Å². The van der Waals surface area contributed by atoms with Crippen LogP contribution in [0.3, 0.4) is 0 Å². The van der Waals surface area contributed by atoms with Crippen LogP contribution in [0.1, 0.15) is 46.1 Å². The van der Waals surface area contributed by atoms with E-state index in [1.807, 2.05) is 12.1 Å². The fourth-order valence-corrected chi connectivity index (χ4v) is 2.31. The van der Waals surface area contributed by atoms with E-state index in [4.69, 9.17) is 0 Å². The first kappa shape index (κ1) is 17.0. The lowest BCUT2D eigenvalue weighted by atomic mass is 10.1. The minimum atomic E-state index is -0.112. The van der Waals surface area contributed by atoms with E-state index < -0.39 is 0 Å². The Morgan fingerprint density at radius 2 is 1.80 bits per heavy atom. The van der Waals surface area contributed by atoms with Crippen molar-refractivity contribution < 1.29 is 4.39 Å². The van der Waals surface area contributed by atoms with Crippen LogP contribution >= 0.6 is 0 Å². The number of rotatable bonds is 9. The molecule has 0 saturated heterocycles. The van der Waals surface area contributed by atoms with E-state index in [0.717, 1.165) is 50.3 Å². The van der Waals surface area contributed by atoms with Crippen LogP contribution < -0.4 is 10.2 Å². The summed E-state index contributed by atoms with van der Waals surface area (Å²) in [4.78, 5) is 2.15. The third kappa shape index (κ3) is 5.49. The highest BCUT2D eigenvalue weighted by atomic mass is 19.1. The van der Waals surface area contributed by atoms with Gasteiger partial charge in [0.15, 0.2) is 0 Å². The van der Waals surface area contributed by atoms with E-state index in [-0.39, 0.29) is 5.82 Å². The van der Waals surface area contributed by atoms with Crippen molar-refractivity contribution >= 4 is 5.69 Å². The molecule has 0 aliphatic heterocycles. The fourth-order valence-electron chi connectivity index (χ4n) is 2.31. The molecule has 0 aliphatic carbocycles. The van der Waals surface area contributed by atoms with Crippen molar-refractivity contribution in [2.24, 2.45) is 5.92 Å². The van der Waals surface area contributed by atoms with E-state index in [1.54, 1.807) is 6.07 Å². The second kappa shape index (κ2) is 8.96. The molecule has 0 amide bonds. The molecule has 0 heterocycles. The van der Waals surface area contributed by atoms with Crippen LogP contribution in [0, 0.1) is 11.7 Å². The molecule has 3 heteroatoms. The molecule has 0 aromatic heterocycles. The standard InChI is InChI=1S/C17H29FN2/c1-5-9-20(10-6-2)17-11-15(7-8-16(17)18)13-19-12-14(3)4/h7-8,11,14,19H,5-6,9-10,12-13H2,1-4H3. The lowest BCUT2D eigenvalue weighted by Gasteiger charge is -2.25. The Bertz CT molecular complexity index is 385. The van der Waals surface area contributed by atoms with Crippen LogP contribution in [0.4, 0.5) is 10.1 Å². The van der Waals surface area contributed by atoms with Gasteiger partial charge in [0.1, 0.15) is 5.82 Å². The van der Waals surface area contributed by atoms with Crippen LogP contribution in [0.2, 0.25) is 0 Å². The van der Waals surface area contributed by atoms with Gasteiger partial charge in [0.05, 0.1) is 5.69 Å². The van der Waals surface area contributed by atoms with Gasteiger partial charge in [0.2, 0.25) is 0 Å². The summed E-state index contributed by atoms with van der Waals surface area (Å²) in [6.45, 7) is 12.3. The topological polar surface area (TPSA) is 15.3 Å². The van der Waals surface area contributed by atoms with Crippen LogP contribution in [0.15, 0.2) is 18.2 Å². The van der Waals surface area contributed by atoms with Gasteiger partial charge in [0, 0.05) is 19.6 Å². The maximum atomic E-state index is 14.1. The molecule has 0 bridgehead atoms. The first-order valence-electron chi connectivity index (χ1n) is 7.82. The van der Waals surface area contributed by atoms with Crippen LogP contribution in [-0.4, -0.2) is 19.6 Å². The largest absolute Gasteiger partial charge is 0.369 e. The van der Waals surface area contributed by atoms with Gasteiger partial charge >= 0.3 is 0 Å². The zero-order valence-corrected chi connectivity index (χ0v) is 13.4. The highest BCUT2D eigenvalue weighted by Gasteiger charge is 2.11. The Morgan fingerprint density at radius 1 is 1.15 bits per heavy atom. The number of benzene rings is 1. The number of hydrogen-bond donors (Lipinski definition) is 1. The Hall–Kier alpha value is -1.09. The molecule has 1 rings (SSSR count). The highest BCUT2D eigenvalue weighted by molar-refractivity contribution is 5.50. The van der Waals surface area contributed by atoms with Gasteiger partial charge in [-0.1, -0.05) is 33.8 Å². The van der Waals surface area contributed by atoms with Crippen molar-refractivity contribution in [3.8, 4) is 0 Å². The maximum absolute atomic E-state index is 14.1. The van der Waals surface area contributed by atoms with Crippen molar-refractivity contribution in [1.29, 1.82) is 0 Å². The van der Waals surface area contributed by atoms with E-state index in [0.29, 0.717) is 5.92 Å². The molecule has 0 atom stereocenters. The van der Waals surface area contributed by atoms with Gasteiger partial charge in [-0.3, -0.25) is 0 Å². The van der Waals surface area contributed by atoms with Crippen LogP contribution in [-0.2, 0) is 6.54 Å². The van der Waals surface area contributed by atoms with E-state index in [1.165, 1.54) is 0 Å². The van der Waals surface area contributed by atoms with Crippen LogP contribution in [0.25, 0.3) is 0 Å². The number of anilines is 1. The van der Waals surface area contributed by atoms with Crippen molar-refractivity contribution in [2.45, 2.75) is 47.1 Å². The third-order valence-electron chi connectivity index (χ3n) is 3.22. The molecule has 0 spiro atoms. The van der Waals surface area contributed by atoms with E-state index >= 15 is 0 Å². The summed E-state index contributed by atoms with van der Waals surface area (Å²) >= 11 is 0. The normalized spacial score (nSPS) is 11.1. The lowest BCUT2D eigenvalue weighted by molar-refractivity contribution is 0.551. The summed E-state index contributed by atoms with van der Waals surface area (Å²) in [5.41, 5.74) is 1.90. The summed E-state index contributed by atoms with van der Waals surface area (Å²) in [5.74, 6) is 0.520. The molecule has 2 nitrogen and oxygen atoms in total. The monoisotopic (exact) mass is 280 g/mol. The predicted molar refractivity (Wildman–Crippen MR) is 85.7 cm³/mol. The summed E-state index contributed by atoms with van der Waals surface area (Å²) in [6, 6.07) is 5.47. The van der Waals surface area contributed by atoms with Gasteiger partial charge in [-0.05, 0) is 43.0 Å². The molecule has 0 fully saturated rings. The summed E-state index contributed by atoms with van der Waals surface area (Å²) < 4.78 is 14.1. The first-order chi connectivity index (χ1) is 9.58. The molecule has 0 aliphatic rings. The fraction of sp³-hybridized carbons (Fsp3) is 0.647. The average Bonchev–Trinajstić information content (AvgIpc) is 2.40. The van der Waals surface area contributed by atoms with Crippen molar-refractivity contribution in [3.63, 3.8) is 0 Å². The molecule has 0 saturated carbocycles. The first-order valence-corrected chi connectivity index (χ1v) is 7.82. The van der Waals surface area contributed by atoms with Gasteiger partial charge in [0.25, 0.3) is 0 Å². The van der Waals surface area contributed by atoms with Crippen molar-refractivity contribution in [3.05, 3.63) is 29.6 Å². The molecule has 20 heavy (non-hydrogen) atoms. The number of hydrogen-bond acceptors (Lipinski definition) is 2. The number of nitrogens with one attached hydrogen (secondary N) is 1.